The number of benzene rings is 2. The number of nitrogens with zero attached hydrogens (tertiary/aromatic N) is 4. The molecule has 12 heteroatoms. The van der Waals surface area contributed by atoms with Crippen LogP contribution >= 0.6 is 0 Å². The van der Waals surface area contributed by atoms with Gasteiger partial charge in [-0.1, -0.05) is 72.6 Å². The molecule has 0 spiro atoms. The first-order chi connectivity index (χ1) is 26.4. The molecule has 7 rings (SSSR count). The molecule has 2 aromatic carbocycles. The summed E-state index contributed by atoms with van der Waals surface area (Å²) in [4.78, 5) is 52.4. The van der Waals surface area contributed by atoms with E-state index in [4.69, 9.17) is 28.9 Å². The summed E-state index contributed by atoms with van der Waals surface area (Å²) in [6, 6.07) is 11.5. The van der Waals surface area contributed by atoms with Gasteiger partial charge in [0, 0.05) is 36.1 Å². The fourth-order valence-electron chi connectivity index (χ4n) is 8.65. The minimum atomic E-state index is -0.687. The number of carbonyl (C=O) groups excluding carboxylic acids is 3. The average Bonchev–Trinajstić information content (AvgIpc) is 4.02. The molecule has 5 aliphatic rings. The standard InChI is InChI=1S/C43H57N5O7/c1-8-25(3)20-37(49)47-18-10-12-31(47)39-44-24-36(55-39)28-14-16-29-34(22-28)53-33-17-15-27(21-30(33)43(29,5)6)35-23-45-40(54-35)32-13-11-19-48(32)41(50)38(26(4)9-2)46-42(51)52-7/h14-17,21-22,25-26,31-32,35-36,38H,8-13,18-20,23-24H2,1-7H3,(H,46,51)/t25-,26-,31-,32-,35?,36?,38-/m0/s1. The summed E-state index contributed by atoms with van der Waals surface area (Å²) in [5.41, 5.74) is 3.80. The molecule has 2 saturated heterocycles. The molecule has 2 unspecified atom stereocenters. The molecule has 0 bridgehead atoms. The average molecular weight is 756 g/mol. The second kappa shape index (κ2) is 15.9. The molecule has 2 fully saturated rings. The number of amides is 3. The molecule has 0 aromatic heterocycles. The van der Waals surface area contributed by atoms with Gasteiger partial charge in [-0.25, -0.2) is 14.8 Å². The molecule has 55 heavy (non-hydrogen) atoms. The Morgan fingerprint density at radius 1 is 0.855 bits per heavy atom. The Kier molecular flexibility index (Phi) is 11.1. The summed E-state index contributed by atoms with van der Waals surface area (Å²) in [5, 5.41) is 2.76. The predicted molar refractivity (Wildman–Crippen MR) is 210 cm³/mol. The number of methoxy groups -OCH3 is 1. The van der Waals surface area contributed by atoms with Crippen molar-refractivity contribution in [2.45, 2.75) is 122 Å². The third-order valence-electron chi connectivity index (χ3n) is 12.5. The van der Waals surface area contributed by atoms with Gasteiger partial charge in [0.1, 0.15) is 41.8 Å². The fraction of sp³-hybridized carbons (Fsp3) is 0.605. The Morgan fingerprint density at radius 3 is 2.11 bits per heavy atom. The highest BCUT2D eigenvalue weighted by Gasteiger charge is 2.43. The number of rotatable bonds is 11. The van der Waals surface area contributed by atoms with Crippen LogP contribution in [0.5, 0.6) is 11.5 Å². The summed E-state index contributed by atoms with van der Waals surface area (Å²) in [6.45, 7) is 15.0. The second-order valence-electron chi connectivity index (χ2n) is 16.5. The van der Waals surface area contributed by atoms with Crippen molar-refractivity contribution in [3.8, 4) is 11.5 Å². The monoisotopic (exact) mass is 755 g/mol. The highest BCUT2D eigenvalue weighted by molar-refractivity contribution is 5.93. The molecule has 5 heterocycles. The molecular formula is C43H57N5O7. The normalized spacial score (nSPS) is 25.4. The predicted octanol–water partition coefficient (Wildman–Crippen LogP) is 7.25. The van der Waals surface area contributed by atoms with E-state index in [1.807, 2.05) is 35.8 Å². The maximum atomic E-state index is 13.8. The first kappa shape index (κ1) is 38.7. The van der Waals surface area contributed by atoms with Gasteiger partial charge in [0.25, 0.3) is 0 Å². The van der Waals surface area contributed by atoms with Gasteiger partial charge in [0.05, 0.1) is 20.2 Å². The van der Waals surface area contributed by atoms with Crippen molar-refractivity contribution in [2.24, 2.45) is 21.8 Å². The van der Waals surface area contributed by atoms with Gasteiger partial charge in [-0.2, -0.15) is 0 Å². The van der Waals surface area contributed by atoms with Crippen LogP contribution in [-0.2, 0) is 29.2 Å². The van der Waals surface area contributed by atoms with Crippen molar-refractivity contribution in [3.63, 3.8) is 0 Å². The largest absolute Gasteiger partial charge is 0.469 e. The van der Waals surface area contributed by atoms with Crippen molar-refractivity contribution in [1.29, 1.82) is 0 Å². The van der Waals surface area contributed by atoms with E-state index in [0.29, 0.717) is 43.8 Å². The Labute approximate surface area is 325 Å². The van der Waals surface area contributed by atoms with Crippen LogP contribution in [-0.4, -0.2) is 90.9 Å². The fourth-order valence-corrected chi connectivity index (χ4v) is 8.65. The summed E-state index contributed by atoms with van der Waals surface area (Å²) in [5.74, 6) is 3.21. The van der Waals surface area contributed by atoms with Gasteiger partial charge in [-0.15, -0.1) is 0 Å². The molecule has 7 atom stereocenters. The highest BCUT2D eigenvalue weighted by atomic mass is 16.5. The van der Waals surface area contributed by atoms with E-state index >= 15 is 0 Å². The molecule has 1 N–H and O–H groups in total. The minimum Gasteiger partial charge on any atom is -0.469 e. The smallest absolute Gasteiger partial charge is 0.407 e. The quantitative estimate of drug-likeness (QED) is 0.256. The van der Waals surface area contributed by atoms with E-state index in [-0.39, 0.29) is 47.4 Å². The molecule has 5 aliphatic heterocycles. The van der Waals surface area contributed by atoms with Gasteiger partial charge in [-0.3, -0.25) is 9.59 Å². The summed E-state index contributed by atoms with van der Waals surface area (Å²) in [7, 11) is 1.30. The van der Waals surface area contributed by atoms with Crippen LogP contribution in [0.1, 0.15) is 121 Å². The lowest BCUT2D eigenvalue weighted by molar-refractivity contribution is -0.134. The van der Waals surface area contributed by atoms with E-state index in [9.17, 15) is 14.4 Å². The number of aliphatic imine (C=N–C) groups is 2. The zero-order chi connectivity index (χ0) is 39.0. The van der Waals surface area contributed by atoms with Gasteiger partial charge >= 0.3 is 6.09 Å². The van der Waals surface area contributed by atoms with Crippen molar-refractivity contribution in [3.05, 3.63) is 58.7 Å². The second-order valence-corrected chi connectivity index (χ2v) is 16.5. The third-order valence-corrected chi connectivity index (χ3v) is 12.5. The zero-order valence-electron chi connectivity index (χ0n) is 33.4. The summed E-state index contributed by atoms with van der Waals surface area (Å²) in [6.07, 6.45) is 4.58. The number of nitrogens with one attached hydrogen (secondary N) is 1. The number of carbonyl (C=O) groups is 3. The maximum absolute atomic E-state index is 13.8. The van der Waals surface area contributed by atoms with Crippen LogP contribution in [0.15, 0.2) is 46.4 Å². The molecule has 2 aromatic rings. The number of hydrogen-bond acceptors (Lipinski definition) is 9. The molecule has 0 aliphatic carbocycles. The first-order valence-electron chi connectivity index (χ1n) is 20.3. The number of likely N-dealkylation sites (tertiary alicyclic amines) is 2. The molecule has 12 nitrogen and oxygen atoms in total. The van der Waals surface area contributed by atoms with Crippen molar-refractivity contribution in [2.75, 3.05) is 33.3 Å². The van der Waals surface area contributed by atoms with Crippen molar-refractivity contribution < 1.29 is 33.3 Å². The molecule has 296 valence electrons. The lowest BCUT2D eigenvalue weighted by Crippen LogP contribution is -2.54. The van der Waals surface area contributed by atoms with Crippen LogP contribution in [0, 0.1) is 11.8 Å². The highest BCUT2D eigenvalue weighted by Crippen LogP contribution is 2.50. The topological polar surface area (TPSA) is 131 Å². The number of ether oxygens (including phenoxy) is 4. The summed E-state index contributed by atoms with van der Waals surface area (Å²) >= 11 is 0. The van der Waals surface area contributed by atoms with Crippen LogP contribution in [0.2, 0.25) is 0 Å². The lowest BCUT2D eigenvalue weighted by atomic mass is 9.74. The Bertz CT molecular complexity index is 1860. The van der Waals surface area contributed by atoms with E-state index < -0.39 is 12.1 Å². The Morgan fingerprint density at radius 2 is 1.47 bits per heavy atom. The zero-order valence-corrected chi connectivity index (χ0v) is 33.4. The summed E-state index contributed by atoms with van der Waals surface area (Å²) < 4.78 is 24.4. The number of hydrogen-bond donors (Lipinski definition) is 1. The molecule has 3 amide bonds. The van der Waals surface area contributed by atoms with Gasteiger partial charge in [-0.05, 0) is 66.8 Å². The Balaban J connectivity index is 1.01. The third kappa shape index (κ3) is 7.53. The van der Waals surface area contributed by atoms with Crippen LogP contribution in [0.25, 0.3) is 0 Å². The SMILES string of the molecule is CC[C@H](C)CC(=O)N1CCC[C@H]1C1=NCC(c2ccc3c(c2)Oc2ccc(C4CN=C([C@@H]5CCCN5C(=O)[C@@H](NC(=O)OC)[C@@H](C)CC)O4)cc2C3(C)C)O1. The first-order valence-corrected chi connectivity index (χ1v) is 20.3. The van der Waals surface area contributed by atoms with E-state index in [1.165, 1.54) is 7.11 Å². The van der Waals surface area contributed by atoms with Gasteiger partial charge in [0.2, 0.25) is 23.6 Å². The maximum Gasteiger partial charge on any atom is 0.407 e. The van der Waals surface area contributed by atoms with Crippen LogP contribution < -0.4 is 10.1 Å². The lowest BCUT2D eigenvalue weighted by Gasteiger charge is -2.35. The number of alkyl carbamates (subject to hydrolysis) is 1. The number of fused-ring (bicyclic) bond motifs is 2. The molecule has 0 radical (unpaired) electrons. The molecular weight excluding hydrogens is 699 g/mol. The van der Waals surface area contributed by atoms with Crippen LogP contribution in [0.3, 0.4) is 0 Å². The van der Waals surface area contributed by atoms with Gasteiger partial charge in [0.15, 0.2) is 0 Å². The van der Waals surface area contributed by atoms with Crippen molar-refractivity contribution >= 4 is 29.7 Å². The Hall–Kier alpha value is -4.61. The van der Waals surface area contributed by atoms with Crippen molar-refractivity contribution in [1.82, 2.24) is 15.1 Å². The molecule has 0 saturated carbocycles. The van der Waals surface area contributed by atoms with E-state index in [0.717, 1.165) is 78.8 Å². The van der Waals surface area contributed by atoms with E-state index in [1.54, 1.807) is 0 Å². The minimum absolute atomic E-state index is 0.0621. The van der Waals surface area contributed by atoms with Crippen LogP contribution in [0.4, 0.5) is 4.79 Å². The van der Waals surface area contributed by atoms with Gasteiger partial charge < -0.3 is 34.1 Å². The van der Waals surface area contributed by atoms with E-state index in [2.05, 4.69) is 57.3 Å².